The van der Waals surface area contributed by atoms with E-state index in [0.717, 1.165) is 19.1 Å². The van der Waals surface area contributed by atoms with Gasteiger partial charge in [-0.2, -0.15) is 0 Å². The molecule has 0 aliphatic rings. The van der Waals surface area contributed by atoms with E-state index in [1.807, 2.05) is 0 Å². The number of nitrogens with one attached hydrogen (secondary N) is 1. The van der Waals surface area contributed by atoms with E-state index in [9.17, 15) is 13.2 Å². The van der Waals surface area contributed by atoms with Gasteiger partial charge < -0.3 is 5.32 Å². The van der Waals surface area contributed by atoms with Crippen molar-refractivity contribution in [1.29, 1.82) is 0 Å². The quantitative estimate of drug-likeness (QED) is 0.850. The number of amides is 1. The normalized spacial score (nSPS) is 12.2. The molecular weight excluding hydrogens is 274 g/mol. The molecule has 4 nitrogen and oxygen atoms in total. The lowest BCUT2D eigenvalue weighted by molar-refractivity contribution is 0.0951. The first-order valence-corrected chi connectivity index (χ1v) is 8.57. The van der Waals surface area contributed by atoms with Crippen LogP contribution in [0.15, 0.2) is 29.2 Å². The molecule has 1 N–H and O–H groups in total. The molecule has 0 atom stereocenters. The standard InChI is InChI=1S/C15H23NO3S/c1-15(2,3)9-6-10-16-14(17)12-7-5-8-13(11-12)20(4,18)19/h5,7-8,11H,6,9-10H2,1-4H3,(H,16,17). The Hall–Kier alpha value is -1.36. The lowest BCUT2D eigenvalue weighted by Crippen LogP contribution is -2.25. The van der Waals surface area contributed by atoms with Crippen LogP contribution >= 0.6 is 0 Å². The lowest BCUT2D eigenvalue weighted by Gasteiger charge is -2.17. The summed E-state index contributed by atoms with van der Waals surface area (Å²) in [4.78, 5) is 12.1. The number of rotatable bonds is 5. The Morgan fingerprint density at radius 1 is 1.25 bits per heavy atom. The highest BCUT2D eigenvalue weighted by atomic mass is 32.2. The first-order chi connectivity index (χ1) is 9.09. The number of sulfone groups is 1. The third-order valence-electron chi connectivity index (χ3n) is 2.91. The Morgan fingerprint density at radius 2 is 1.90 bits per heavy atom. The van der Waals surface area contributed by atoms with E-state index in [4.69, 9.17) is 0 Å². The van der Waals surface area contributed by atoms with Crippen LogP contribution < -0.4 is 5.32 Å². The molecule has 1 rings (SSSR count). The van der Waals surface area contributed by atoms with Crippen molar-refractivity contribution in [3.05, 3.63) is 29.8 Å². The van der Waals surface area contributed by atoms with E-state index >= 15 is 0 Å². The van der Waals surface area contributed by atoms with Gasteiger partial charge in [-0.05, 0) is 36.5 Å². The van der Waals surface area contributed by atoms with Crippen molar-refractivity contribution in [2.45, 2.75) is 38.5 Å². The van der Waals surface area contributed by atoms with E-state index < -0.39 is 9.84 Å². The topological polar surface area (TPSA) is 63.2 Å². The van der Waals surface area contributed by atoms with Gasteiger partial charge in [-0.15, -0.1) is 0 Å². The Labute approximate surface area is 121 Å². The maximum absolute atomic E-state index is 11.9. The molecule has 0 aliphatic heterocycles. The predicted molar refractivity (Wildman–Crippen MR) is 80.6 cm³/mol. The third kappa shape index (κ3) is 5.74. The zero-order chi connectivity index (χ0) is 15.4. The van der Waals surface area contributed by atoms with Crippen molar-refractivity contribution in [3.63, 3.8) is 0 Å². The molecule has 0 spiro atoms. The Kier molecular flexibility index (Phi) is 5.34. The van der Waals surface area contributed by atoms with Gasteiger partial charge in [0.05, 0.1) is 4.90 Å². The maximum atomic E-state index is 11.9. The first kappa shape index (κ1) is 16.7. The van der Waals surface area contributed by atoms with E-state index in [0.29, 0.717) is 12.1 Å². The molecule has 1 aromatic carbocycles. The zero-order valence-electron chi connectivity index (χ0n) is 12.6. The molecule has 0 aliphatic carbocycles. The monoisotopic (exact) mass is 297 g/mol. The van der Waals surface area contributed by atoms with Crippen LogP contribution in [-0.2, 0) is 9.84 Å². The van der Waals surface area contributed by atoms with Crippen LogP contribution in [0, 0.1) is 5.41 Å². The molecule has 0 unspecified atom stereocenters. The summed E-state index contributed by atoms with van der Waals surface area (Å²) >= 11 is 0. The van der Waals surface area contributed by atoms with Crippen molar-refractivity contribution < 1.29 is 13.2 Å². The third-order valence-corrected chi connectivity index (χ3v) is 4.02. The van der Waals surface area contributed by atoms with Gasteiger partial charge in [-0.1, -0.05) is 26.8 Å². The summed E-state index contributed by atoms with van der Waals surface area (Å²) in [6, 6.07) is 6.11. The van der Waals surface area contributed by atoms with Crippen LogP contribution in [-0.4, -0.2) is 27.1 Å². The molecule has 0 bridgehead atoms. The van der Waals surface area contributed by atoms with Gasteiger partial charge in [0.15, 0.2) is 9.84 Å². The molecule has 0 radical (unpaired) electrons. The number of hydrogen-bond donors (Lipinski definition) is 1. The van der Waals surface area contributed by atoms with E-state index in [1.165, 1.54) is 12.1 Å². The first-order valence-electron chi connectivity index (χ1n) is 6.68. The summed E-state index contributed by atoms with van der Waals surface area (Å²) in [5, 5.41) is 2.82. The van der Waals surface area contributed by atoms with Crippen molar-refractivity contribution in [3.8, 4) is 0 Å². The van der Waals surface area contributed by atoms with E-state index in [2.05, 4.69) is 26.1 Å². The van der Waals surface area contributed by atoms with Gasteiger partial charge in [-0.25, -0.2) is 8.42 Å². The minimum Gasteiger partial charge on any atom is -0.352 e. The molecule has 0 fully saturated rings. The number of hydrogen-bond acceptors (Lipinski definition) is 3. The van der Waals surface area contributed by atoms with Crippen molar-refractivity contribution >= 4 is 15.7 Å². The summed E-state index contributed by atoms with van der Waals surface area (Å²) in [5.74, 6) is -0.232. The summed E-state index contributed by atoms with van der Waals surface area (Å²) in [5.41, 5.74) is 0.629. The number of carbonyl (C=O) groups is 1. The molecule has 0 heterocycles. The van der Waals surface area contributed by atoms with Gasteiger partial charge in [0.25, 0.3) is 5.91 Å². The predicted octanol–water partition coefficient (Wildman–Crippen LogP) is 2.65. The molecule has 20 heavy (non-hydrogen) atoms. The van der Waals surface area contributed by atoms with Gasteiger partial charge >= 0.3 is 0 Å². The second-order valence-electron chi connectivity index (χ2n) is 6.22. The zero-order valence-corrected chi connectivity index (χ0v) is 13.4. The molecule has 0 saturated heterocycles. The van der Waals surface area contributed by atoms with Gasteiger partial charge in [0.1, 0.15) is 0 Å². The highest BCUT2D eigenvalue weighted by Crippen LogP contribution is 2.19. The summed E-state index contributed by atoms with van der Waals surface area (Å²) in [6.45, 7) is 7.07. The fourth-order valence-corrected chi connectivity index (χ4v) is 2.46. The highest BCUT2D eigenvalue weighted by Gasteiger charge is 2.12. The van der Waals surface area contributed by atoms with Gasteiger partial charge in [-0.3, -0.25) is 4.79 Å². The Balaban J connectivity index is 2.61. The van der Waals surface area contributed by atoms with E-state index in [1.54, 1.807) is 12.1 Å². The van der Waals surface area contributed by atoms with Crippen LogP contribution in [0.5, 0.6) is 0 Å². The summed E-state index contributed by atoms with van der Waals surface area (Å²) < 4.78 is 22.9. The summed E-state index contributed by atoms with van der Waals surface area (Å²) in [6.07, 6.45) is 3.06. The van der Waals surface area contributed by atoms with Gasteiger partial charge in [0.2, 0.25) is 0 Å². The van der Waals surface area contributed by atoms with Crippen molar-refractivity contribution in [1.82, 2.24) is 5.32 Å². The SMILES string of the molecule is CC(C)(C)CCCNC(=O)c1cccc(S(C)(=O)=O)c1. The molecule has 1 aromatic rings. The van der Waals surface area contributed by atoms with Crippen molar-refractivity contribution in [2.75, 3.05) is 12.8 Å². The average Bonchev–Trinajstić information content (AvgIpc) is 2.32. The molecule has 112 valence electrons. The van der Waals surface area contributed by atoms with Crippen molar-refractivity contribution in [2.24, 2.45) is 5.41 Å². The lowest BCUT2D eigenvalue weighted by atomic mass is 9.91. The fourth-order valence-electron chi connectivity index (χ4n) is 1.79. The summed E-state index contributed by atoms with van der Waals surface area (Å²) in [7, 11) is -3.28. The Morgan fingerprint density at radius 3 is 2.45 bits per heavy atom. The molecule has 0 aromatic heterocycles. The molecule has 0 saturated carbocycles. The molecule has 5 heteroatoms. The van der Waals surface area contributed by atoms with Crippen LogP contribution in [0.2, 0.25) is 0 Å². The van der Waals surface area contributed by atoms with E-state index in [-0.39, 0.29) is 16.2 Å². The highest BCUT2D eigenvalue weighted by molar-refractivity contribution is 7.90. The minimum atomic E-state index is -3.28. The van der Waals surface area contributed by atoms with Gasteiger partial charge in [0, 0.05) is 18.4 Å². The van der Waals surface area contributed by atoms with Crippen LogP contribution in [0.4, 0.5) is 0 Å². The minimum absolute atomic E-state index is 0.167. The van der Waals surface area contributed by atoms with Crippen LogP contribution in [0.1, 0.15) is 44.0 Å². The number of benzene rings is 1. The second kappa shape index (κ2) is 6.39. The largest absolute Gasteiger partial charge is 0.352 e. The van der Waals surface area contributed by atoms with Crippen LogP contribution in [0.25, 0.3) is 0 Å². The number of carbonyl (C=O) groups excluding carboxylic acids is 1. The fraction of sp³-hybridized carbons (Fsp3) is 0.533. The average molecular weight is 297 g/mol. The Bertz CT molecular complexity index is 571. The molecule has 1 amide bonds. The second-order valence-corrected chi connectivity index (χ2v) is 8.24. The smallest absolute Gasteiger partial charge is 0.251 e. The molecular formula is C15H23NO3S. The maximum Gasteiger partial charge on any atom is 0.251 e. The van der Waals surface area contributed by atoms with Crippen LogP contribution in [0.3, 0.4) is 0 Å².